The van der Waals surface area contributed by atoms with Crippen LogP contribution in [0.5, 0.6) is 11.5 Å². The Hall–Kier alpha value is -2.50. The van der Waals surface area contributed by atoms with Crippen LogP contribution in [0.15, 0.2) is 36.8 Å². The summed E-state index contributed by atoms with van der Waals surface area (Å²) in [5.74, 6) is 1.93. The summed E-state index contributed by atoms with van der Waals surface area (Å²) < 4.78 is 10.6. The number of benzene rings is 1. The first-order chi connectivity index (χ1) is 11.3. The predicted molar refractivity (Wildman–Crippen MR) is 85.6 cm³/mol. The summed E-state index contributed by atoms with van der Waals surface area (Å²) in [5.41, 5.74) is 1.16. The maximum Gasteiger partial charge on any atom is 0.260 e. The monoisotopic (exact) mass is 315 g/mol. The molecule has 0 radical (unpaired) electrons. The number of imidazole rings is 1. The SMILES string of the molecule is COc1ccc(OCC(=O)N2CCC(c3cnc[nH]3)CC2)cc1. The van der Waals surface area contributed by atoms with Crippen molar-refractivity contribution in [1.82, 2.24) is 14.9 Å². The lowest BCUT2D eigenvalue weighted by atomic mass is 9.94. The molecule has 6 nitrogen and oxygen atoms in total. The first-order valence-corrected chi connectivity index (χ1v) is 7.79. The molecular formula is C17H21N3O3. The summed E-state index contributed by atoms with van der Waals surface area (Å²) in [6, 6.07) is 7.23. The molecule has 1 aromatic heterocycles. The first-order valence-electron chi connectivity index (χ1n) is 7.79. The van der Waals surface area contributed by atoms with Crippen molar-refractivity contribution in [3.8, 4) is 11.5 Å². The van der Waals surface area contributed by atoms with E-state index in [0.717, 1.165) is 37.4 Å². The fourth-order valence-electron chi connectivity index (χ4n) is 2.84. The van der Waals surface area contributed by atoms with E-state index < -0.39 is 0 Å². The van der Waals surface area contributed by atoms with E-state index in [0.29, 0.717) is 11.7 Å². The zero-order chi connectivity index (χ0) is 16.1. The van der Waals surface area contributed by atoms with Crippen molar-refractivity contribution in [1.29, 1.82) is 0 Å². The van der Waals surface area contributed by atoms with Crippen LogP contribution in [0.25, 0.3) is 0 Å². The van der Waals surface area contributed by atoms with Crippen LogP contribution in [0.4, 0.5) is 0 Å². The molecule has 1 fully saturated rings. The Labute approximate surface area is 135 Å². The molecule has 0 atom stereocenters. The van der Waals surface area contributed by atoms with Gasteiger partial charge in [0.05, 0.1) is 13.4 Å². The summed E-state index contributed by atoms with van der Waals surface area (Å²) in [6.45, 7) is 1.59. The van der Waals surface area contributed by atoms with Crippen LogP contribution in [-0.2, 0) is 4.79 Å². The lowest BCUT2D eigenvalue weighted by Crippen LogP contribution is -2.40. The fourth-order valence-corrected chi connectivity index (χ4v) is 2.84. The molecule has 1 aliphatic rings. The molecule has 23 heavy (non-hydrogen) atoms. The summed E-state index contributed by atoms with van der Waals surface area (Å²) in [5, 5.41) is 0. The van der Waals surface area contributed by atoms with Crippen LogP contribution in [0.1, 0.15) is 24.5 Å². The summed E-state index contributed by atoms with van der Waals surface area (Å²) in [7, 11) is 1.62. The maximum absolute atomic E-state index is 12.2. The smallest absolute Gasteiger partial charge is 0.260 e. The number of carbonyl (C=O) groups excluding carboxylic acids is 1. The van der Waals surface area contributed by atoms with Gasteiger partial charge < -0.3 is 19.4 Å². The number of aromatic nitrogens is 2. The van der Waals surface area contributed by atoms with Crippen molar-refractivity contribution in [3.63, 3.8) is 0 Å². The number of amides is 1. The van der Waals surface area contributed by atoms with Gasteiger partial charge in [0.2, 0.25) is 0 Å². The van der Waals surface area contributed by atoms with E-state index in [1.807, 2.05) is 23.2 Å². The van der Waals surface area contributed by atoms with Crippen LogP contribution in [0.2, 0.25) is 0 Å². The van der Waals surface area contributed by atoms with Gasteiger partial charge in [-0.15, -0.1) is 0 Å². The van der Waals surface area contributed by atoms with E-state index in [2.05, 4.69) is 9.97 Å². The van der Waals surface area contributed by atoms with Crippen LogP contribution >= 0.6 is 0 Å². The van der Waals surface area contributed by atoms with Gasteiger partial charge >= 0.3 is 0 Å². The first kappa shape index (κ1) is 15.4. The highest BCUT2D eigenvalue weighted by Crippen LogP contribution is 2.26. The zero-order valence-electron chi connectivity index (χ0n) is 13.2. The Kier molecular flexibility index (Phi) is 4.80. The standard InChI is InChI=1S/C17H21N3O3/c1-22-14-2-4-15(5-3-14)23-11-17(21)20-8-6-13(7-9-20)16-10-18-12-19-16/h2-5,10,12-13H,6-9,11H2,1H3,(H,18,19). The molecule has 0 bridgehead atoms. The number of methoxy groups -OCH3 is 1. The molecule has 1 amide bonds. The highest BCUT2D eigenvalue weighted by Gasteiger charge is 2.24. The molecule has 0 aliphatic carbocycles. The third kappa shape index (κ3) is 3.83. The molecule has 2 aromatic rings. The van der Waals surface area contributed by atoms with Crippen molar-refractivity contribution >= 4 is 5.91 Å². The van der Waals surface area contributed by atoms with Crippen molar-refractivity contribution in [2.45, 2.75) is 18.8 Å². The van der Waals surface area contributed by atoms with Crippen LogP contribution in [0, 0.1) is 0 Å². The van der Waals surface area contributed by atoms with E-state index in [-0.39, 0.29) is 12.5 Å². The van der Waals surface area contributed by atoms with Crippen molar-refractivity contribution in [2.24, 2.45) is 0 Å². The van der Waals surface area contributed by atoms with Crippen LogP contribution in [-0.4, -0.2) is 47.6 Å². The second-order valence-corrected chi connectivity index (χ2v) is 5.63. The molecule has 0 spiro atoms. The molecular weight excluding hydrogens is 294 g/mol. The molecule has 122 valence electrons. The third-order valence-electron chi connectivity index (χ3n) is 4.23. The number of nitrogens with zero attached hydrogens (tertiary/aromatic N) is 2. The molecule has 0 unspecified atom stereocenters. The van der Waals surface area contributed by atoms with Gasteiger partial charge in [0.25, 0.3) is 5.91 Å². The normalized spacial score (nSPS) is 15.4. The Balaban J connectivity index is 1.45. The average molecular weight is 315 g/mol. The second-order valence-electron chi connectivity index (χ2n) is 5.63. The van der Waals surface area contributed by atoms with Crippen LogP contribution < -0.4 is 9.47 Å². The minimum Gasteiger partial charge on any atom is -0.497 e. The molecule has 1 aliphatic heterocycles. The van der Waals surface area contributed by atoms with E-state index in [9.17, 15) is 4.79 Å². The van der Waals surface area contributed by atoms with Gasteiger partial charge in [-0.25, -0.2) is 4.98 Å². The Morgan fingerprint density at radius 1 is 1.26 bits per heavy atom. The van der Waals surface area contributed by atoms with E-state index >= 15 is 0 Å². The highest BCUT2D eigenvalue weighted by molar-refractivity contribution is 5.77. The predicted octanol–water partition coefficient (Wildman–Crippen LogP) is 2.20. The highest BCUT2D eigenvalue weighted by atomic mass is 16.5. The van der Waals surface area contributed by atoms with Crippen LogP contribution in [0.3, 0.4) is 0 Å². The average Bonchev–Trinajstić information content (AvgIpc) is 3.15. The van der Waals surface area contributed by atoms with Crippen molar-refractivity contribution < 1.29 is 14.3 Å². The number of ether oxygens (including phenoxy) is 2. The number of hydrogen-bond acceptors (Lipinski definition) is 4. The summed E-state index contributed by atoms with van der Waals surface area (Å²) >= 11 is 0. The lowest BCUT2D eigenvalue weighted by Gasteiger charge is -2.31. The Morgan fingerprint density at radius 3 is 2.57 bits per heavy atom. The second kappa shape index (κ2) is 7.17. The third-order valence-corrected chi connectivity index (χ3v) is 4.23. The fraction of sp³-hybridized carbons (Fsp3) is 0.412. The summed E-state index contributed by atoms with van der Waals surface area (Å²) in [6.07, 6.45) is 5.48. The largest absolute Gasteiger partial charge is 0.497 e. The Morgan fingerprint density at radius 2 is 1.96 bits per heavy atom. The maximum atomic E-state index is 12.2. The molecule has 1 aromatic carbocycles. The molecule has 1 saturated heterocycles. The number of aromatic amines is 1. The molecule has 0 saturated carbocycles. The number of nitrogens with one attached hydrogen (secondary N) is 1. The molecule has 1 N–H and O–H groups in total. The molecule has 6 heteroatoms. The number of H-pyrrole nitrogens is 1. The summed E-state index contributed by atoms with van der Waals surface area (Å²) in [4.78, 5) is 21.3. The number of likely N-dealkylation sites (tertiary alicyclic amines) is 1. The number of rotatable bonds is 5. The van der Waals surface area contributed by atoms with Gasteiger partial charge in [-0.3, -0.25) is 4.79 Å². The topological polar surface area (TPSA) is 67.5 Å². The van der Waals surface area contributed by atoms with E-state index in [1.165, 1.54) is 0 Å². The van der Waals surface area contributed by atoms with E-state index in [1.54, 1.807) is 25.6 Å². The zero-order valence-corrected chi connectivity index (χ0v) is 13.2. The number of piperidine rings is 1. The quantitative estimate of drug-likeness (QED) is 0.918. The minimum absolute atomic E-state index is 0.0314. The number of carbonyl (C=O) groups is 1. The molecule has 3 rings (SSSR count). The van der Waals surface area contributed by atoms with Gasteiger partial charge in [-0.05, 0) is 37.1 Å². The van der Waals surface area contributed by atoms with Crippen molar-refractivity contribution in [3.05, 3.63) is 42.5 Å². The van der Waals surface area contributed by atoms with Gasteiger partial charge in [0.15, 0.2) is 6.61 Å². The van der Waals surface area contributed by atoms with Crippen molar-refractivity contribution in [2.75, 3.05) is 26.8 Å². The van der Waals surface area contributed by atoms with Gasteiger partial charge in [-0.2, -0.15) is 0 Å². The van der Waals surface area contributed by atoms with Gasteiger partial charge in [0.1, 0.15) is 11.5 Å². The number of hydrogen-bond donors (Lipinski definition) is 1. The van der Waals surface area contributed by atoms with Gasteiger partial charge in [-0.1, -0.05) is 0 Å². The van der Waals surface area contributed by atoms with E-state index in [4.69, 9.17) is 9.47 Å². The van der Waals surface area contributed by atoms with Gasteiger partial charge in [0, 0.05) is 30.9 Å². The Bertz CT molecular complexity index is 617. The lowest BCUT2D eigenvalue weighted by molar-refractivity contribution is -0.134. The molecule has 2 heterocycles. The minimum atomic E-state index is 0.0314.